The summed E-state index contributed by atoms with van der Waals surface area (Å²) in [5.74, 6) is 0.973. The van der Waals surface area contributed by atoms with Crippen LogP contribution in [-0.4, -0.2) is 54.9 Å². The molecule has 140 valence electrons. The van der Waals surface area contributed by atoms with Crippen molar-refractivity contribution in [3.63, 3.8) is 0 Å². The average Bonchev–Trinajstić information content (AvgIpc) is 2.61. The minimum atomic E-state index is -0.462. The fraction of sp³-hybridized carbons (Fsp3) is 0.650. The maximum atomic E-state index is 12.8. The molecule has 1 aliphatic rings. The van der Waals surface area contributed by atoms with Crippen molar-refractivity contribution in [1.82, 2.24) is 4.90 Å². The number of ether oxygens (including phenoxy) is 2. The molecule has 2 rings (SSSR count). The van der Waals surface area contributed by atoms with Gasteiger partial charge in [-0.15, -0.1) is 0 Å². The molecule has 3 atom stereocenters. The standard InChI is InChI=1S/C20H31NO4/c1-5-21(11-12-25-19-14(2)7-6-8-15(19)3)20(23)16-9-10-17(22)18(13-16)24-4/h6-8,16-18,22H,5,9-13H2,1-4H3/t16-,17+,18-/m1/s1. The highest BCUT2D eigenvalue weighted by atomic mass is 16.5. The first-order valence-corrected chi connectivity index (χ1v) is 9.16. The lowest BCUT2D eigenvalue weighted by atomic mass is 9.84. The van der Waals surface area contributed by atoms with Gasteiger partial charge in [0.2, 0.25) is 5.91 Å². The Balaban J connectivity index is 1.90. The number of likely N-dealkylation sites (N-methyl/N-ethyl adjacent to an activating group) is 1. The van der Waals surface area contributed by atoms with E-state index in [0.29, 0.717) is 39.0 Å². The van der Waals surface area contributed by atoms with Gasteiger partial charge < -0.3 is 19.5 Å². The Morgan fingerprint density at radius 1 is 1.28 bits per heavy atom. The van der Waals surface area contributed by atoms with Crippen molar-refractivity contribution >= 4 is 5.91 Å². The smallest absolute Gasteiger partial charge is 0.225 e. The molecule has 1 aromatic carbocycles. The molecule has 1 amide bonds. The number of carbonyl (C=O) groups is 1. The summed E-state index contributed by atoms with van der Waals surface area (Å²) >= 11 is 0. The second kappa shape index (κ2) is 9.20. The fourth-order valence-electron chi connectivity index (χ4n) is 3.56. The zero-order chi connectivity index (χ0) is 18.4. The number of para-hydroxylation sites is 1. The summed E-state index contributed by atoms with van der Waals surface area (Å²) < 4.78 is 11.3. The van der Waals surface area contributed by atoms with Crippen molar-refractivity contribution in [3.8, 4) is 5.75 Å². The molecule has 0 saturated heterocycles. The van der Waals surface area contributed by atoms with Crippen molar-refractivity contribution in [2.24, 2.45) is 5.92 Å². The van der Waals surface area contributed by atoms with Gasteiger partial charge in [-0.2, -0.15) is 0 Å². The predicted octanol–water partition coefficient (Wildman–Crippen LogP) is 2.71. The van der Waals surface area contributed by atoms with Crippen LogP contribution in [0.3, 0.4) is 0 Å². The molecular weight excluding hydrogens is 318 g/mol. The Morgan fingerprint density at radius 2 is 1.96 bits per heavy atom. The second-order valence-electron chi connectivity index (χ2n) is 6.84. The maximum Gasteiger partial charge on any atom is 0.225 e. The third-order valence-corrected chi connectivity index (χ3v) is 5.12. The molecule has 0 radical (unpaired) electrons. The topological polar surface area (TPSA) is 59.0 Å². The van der Waals surface area contributed by atoms with Gasteiger partial charge in [0.15, 0.2) is 0 Å². The highest BCUT2D eigenvalue weighted by Crippen LogP contribution is 2.28. The van der Waals surface area contributed by atoms with Gasteiger partial charge in [-0.05, 0) is 51.2 Å². The molecule has 25 heavy (non-hydrogen) atoms. The van der Waals surface area contributed by atoms with E-state index in [4.69, 9.17) is 9.47 Å². The molecule has 1 saturated carbocycles. The van der Waals surface area contributed by atoms with E-state index in [0.717, 1.165) is 16.9 Å². The number of aliphatic hydroxyl groups excluding tert-OH is 1. The van der Waals surface area contributed by atoms with Gasteiger partial charge in [-0.1, -0.05) is 18.2 Å². The van der Waals surface area contributed by atoms with Gasteiger partial charge in [0, 0.05) is 19.6 Å². The van der Waals surface area contributed by atoms with Crippen molar-refractivity contribution in [2.45, 2.75) is 52.2 Å². The van der Waals surface area contributed by atoms with E-state index in [9.17, 15) is 9.90 Å². The van der Waals surface area contributed by atoms with Gasteiger partial charge in [-0.3, -0.25) is 4.79 Å². The van der Waals surface area contributed by atoms with E-state index in [-0.39, 0.29) is 17.9 Å². The van der Waals surface area contributed by atoms with E-state index >= 15 is 0 Å². The first kappa shape index (κ1) is 19.7. The van der Waals surface area contributed by atoms with Crippen LogP contribution >= 0.6 is 0 Å². The van der Waals surface area contributed by atoms with Crippen LogP contribution in [0.4, 0.5) is 0 Å². The Kier molecular flexibility index (Phi) is 7.26. The lowest BCUT2D eigenvalue weighted by molar-refractivity contribution is -0.141. The SMILES string of the molecule is CCN(CCOc1c(C)cccc1C)C(=O)[C@@H]1CC[C@H](O)[C@H](OC)C1. The van der Waals surface area contributed by atoms with Crippen LogP contribution in [0.15, 0.2) is 18.2 Å². The molecule has 5 nitrogen and oxygen atoms in total. The van der Waals surface area contributed by atoms with Crippen LogP contribution in [0.1, 0.15) is 37.3 Å². The molecule has 0 spiro atoms. The molecule has 1 aliphatic carbocycles. The van der Waals surface area contributed by atoms with E-state index in [1.807, 2.05) is 43.9 Å². The van der Waals surface area contributed by atoms with Gasteiger partial charge in [-0.25, -0.2) is 0 Å². The molecule has 0 unspecified atom stereocenters. The molecule has 1 N–H and O–H groups in total. The highest BCUT2D eigenvalue weighted by Gasteiger charge is 2.34. The van der Waals surface area contributed by atoms with E-state index in [1.165, 1.54) is 0 Å². The van der Waals surface area contributed by atoms with Gasteiger partial charge in [0.25, 0.3) is 0 Å². The van der Waals surface area contributed by atoms with Crippen molar-refractivity contribution in [3.05, 3.63) is 29.3 Å². The number of rotatable bonds is 7. The third kappa shape index (κ3) is 4.95. The number of amides is 1. The number of aliphatic hydroxyl groups is 1. The third-order valence-electron chi connectivity index (χ3n) is 5.12. The van der Waals surface area contributed by atoms with E-state index < -0.39 is 6.10 Å². The van der Waals surface area contributed by atoms with Crippen LogP contribution in [0, 0.1) is 19.8 Å². The molecule has 1 fully saturated rings. The number of hydrogen-bond donors (Lipinski definition) is 1. The maximum absolute atomic E-state index is 12.8. The summed E-state index contributed by atoms with van der Waals surface area (Å²) in [5.41, 5.74) is 2.22. The number of carbonyl (C=O) groups excluding carboxylic acids is 1. The summed E-state index contributed by atoms with van der Waals surface area (Å²) in [7, 11) is 1.59. The predicted molar refractivity (Wildman–Crippen MR) is 97.8 cm³/mol. The van der Waals surface area contributed by atoms with Gasteiger partial charge >= 0.3 is 0 Å². The van der Waals surface area contributed by atoms with Crippen LogP contribution in [0.25, 0.3) is 0 Å². The monoisotopic (exact) mass is 349 g/mol. The van der Waals surface area contributed by atoms with Crippen molar-refractivity contribution in [1.29, 1.82) is 0 Å². The van der Waals surface area contributed by atoms with Gasteiger partial charge in [0.05, 0.1) is 18.8 Å². The minimum Gasteiger partial charge on any atom is -0.491 e. The largest absolute Gasteiger partial charge is 0.491 e. The number of methoxy groups -OCH3 is 1. The zero-order valence-corrected chi connectivity index (χ0v) is 15.8. The summed E-state index contributed by atoms with van der Waals surface area (Å²) in [6.07, 6.45) is 1.22. The lowest BCUT2D eigenvalue weighted by Crippen LogP contribution is -2.44. The Hall–Kier alpha value is -1.59. The zero-order valence-electron chi connectivity index (χ0n) is 15.8. The molecule has 0 bridgehead atoms. The average molecular weight is 349 g/mol. The summed E-state index contributed by atoms with van der Waals surface area (Å²) in [4.78, 5) is 14.7. The van der Waals surface area contributed by atoms with E-state index in [1.54, 1.807) is 7.11 Å². The Morgan fingerprint density at radius 3 is 2.56 bits per heavy atom. The minimum absolute atomic E-state index is 0.0755. The lowest BCUT2D eigenvalue weighted by Gasteiger charge is -2.34. The Labute approximate surface area is 150 Å². The summed E-state index contributed by atoms with van der Waals surface area (Å²) in [6, 6.07) is 6.08. The van der Waals surface area contributed by atoms with Crippen LogP contribution in [-0.2, 0) is 9.53 Å². The second-order valence-corrected chi connectivity index (χ2v) is 6.84. The van der Waals surface area contributed by atoms with Gasteiger partial charge in [0.1, 0.15) is 12.4 Å². The number of benzene rings is 1. The summed E-state index contributed by atoms with van der Waals surface area (Å²) in [6.45, 7) is 7.76. The molecule has 5 heteroatoms. The van der Waals surface area contributed by atoms with Crippen LogP contribution < -0.4 is 4.74 Å². The first-order valence-electron chi connectivity index (χ1n) is 9.16. The molecule has 0 heterocycles. The van der Waals surface area contributed by atoms with Crippen LogP contribution in [0.2, 0.25) is 0 Å². The molecular formula is C20H31NO4. The molecule has 0 aliphatic heterocycles. The molecule has 0 aromatic heterocycles. The quantitative estimate of drug-likeness (QED) is 0.822. The normalized spacial score (nSPS) is 23.3. The fourth-order valence-corrected chi connectivity index (χ4v) is 3.56. The number of hydrogen-bond acceptors (Lipinski definition) is 4. The van der Waals surface area contributed by atoms with E-state index in [2.05, 4.69) is 0 Å². The van der Waals surface area contributed by atoms with Crippen molar-refractivity contribution in [2.75, 3.05) is 26.8 Å². The number of nitrogens with zero attached hydrogens (tertiary/aromatic N) is 1. The number of aryl methyl sites for hydroxylation is 2. The first-order chi connectivity index (χ1) is 12.0. The highest BCUT2D eigenvalue weighted by molar-refractivity contribution is 5.79. The van der Waals surface area contributed by atoms with Crippen LogP contribution in [0.5, 0.6) is 5.75 Å². The Bertz CT molecular complexity index is 555. The molecule has 1 aromatic rings. The van der Waals surface area contributed by atoms with Crippen molar-refractivity contribution < 1.29 is 19.4 Å². The summed E-state index contributed by atoms with van der Waals surface area (Å²) in [5, 5.41) is 9.91.